The Hall–Kier alpha value is -2.70. The topological polar surface area (TPSA) is 79.5 Å². The lowest BCUT2D eigenvalue weighted by atomic mass is 10.1. The molecule has 0 spiro atoms. The molecule has 0 saturated carbocycles. The van der Waals surface area contributed by atoms with Gasteiger partial charge >= 0.3 is 5.97 Å². The SMILES string of the molecule is CCc1oc(C(=O)NC(C)c2ccc(F)cc2F)cc1C(=O)O. The van der Waals surface area contributed by atoms with E-state index in [0.717, 1.165) is 18.2 Å². The van der Waals surface area contributed by atoms with Gasteiger partial charge in [-0.15, -0.1) is 0 Å². The van der Waals surface area contributed by atoms with E-state index in [-0.39, 0.29) is 22.6 Å². The Labute approximate surface area is 130 Å². The molecule has 2 rings (SSSR count). The summed E-state index contributed by atoms with van der Waals surface area (Å²) in [6, 6.07) is 3.43. The summed E-state index contributed by atoms with van der Waals surface area (Å²) in [5.74, 6) is -3.35. The number of carboxylic acids is 1. The average molecular weight is 323 g/mol. The molecule has 0 aliphatic rings. The quantitative estimate of drug-likeness (QED) is 0.885. The maximum atomic E-state index is 13.7. The summed E-state index contributed by atoms with van der Waals surface area (Å²) in [5.41, 5.74) is 0.0266. The van der Waals surface area contributed by atoms with Crippen molar-refractivity contribution in [2.75, 3.05) is 0 Å². The summed E-state index contributed by atoms with van der Waals surface area (Å²) < 4.78 is 31.8. The first-order chi connectivity index (χ1) is 10.8. The molecule has 2 N–H and O–H groups in total. The fourth-order valence-electron chi connectivity index (χ4n) is 2.18. The molecule has 1 aromatic carbocycles. The van der Waals surface area contributed by atoms with Gasteiger partial charge in [0.05, 0.1) is 6.04 Å². The summed E-state index contributed by atoms with van der Waals surface area (Å²) in [4.78, 5) is 23.2. The number of hydrogen-bond acceptors (Lipinski definition) is 3. The van der Waals surface area contributed by atoms with Crippen LogP contribution in [0.3, 0.4) is 0 Å². The minimum Gasteiger partial charge on any atom is -0.478 e. The molecule has 0 bridgehead atoms. The number of halogens is 2. The molecular weight excluding hydrogens is 308 g/mol. The number of aromatic carboxylic acids is 1. The Bertz CT molecular complexity index is 755. The molecule has 122 valence electrons. The van der Waals surface area contributed by atoms with Gasteiger partial charge in [0, 0.05) is 24.1 Å². The first-order valence-electron chi connectivity index (χ1n) is 6.95. The van der Waals surface area contributed by atoms with Crippen LogP contribution in [0.1, 0.15) is 52.1 Å². The van der Waals surface area contributed by atoms with Crippen LogP contribution in [-0.4, -0.2) is 17.0 Å². The molecule has 0 radical (unpaired) electrons. The van der Waals surface area contributed by atoms with E-state index in [9.17, 15) is 18.4 Å². The smallest absolute Gasteiger partial charge is 0.339 e. The third kappa shape index (κ3) is 3.56. The minimum atomic E-state index is -1.19. The molecule has 2 aromatic rings. The third-order valence-electron chi connectivity index (χ3n) is 3.36. The van der Waals surface area contributed by atoms with Crippen LogP contribution in [-0.2, 0) is 6.42 Å². The Morgan fingerprint density at radius 2 is 2.00 bits per heavy atom. The lowest BCUT2D eigenvalue weighted by Crippen LogP contribution is -2.27. The van der Waals surface area contributed by atoms with E-state index in [1.807, 2.05) is 0 Å². The number of amides is 1. The summed E-state index contributed by atoms with van der Waals surface area (Å²) >= 11 is 0. The highest BCUT2D eigenvalue weighted by molar-refractivity contribution is 5.96. The number of carbonyl (C=O) groups excluding carboxylic acids is 1. The summed E-state index contributed by atoms with van der Waals surface area (Å²) in [6.07, 6.45) is 0.317. The van der Waals surface area contributed by atoms with Gasteiger partial charge in [0.25, 0.3) is 5.91 Å². The van der Waals surface area contributed by atoms with Crippen LogP contribution in [0.4, 0.5) is 8.78 Å². The number of hydrogen-bond donors (Lipinski definition) is 2. The Morgan fingerprint density at radius 1 is 1.30 bits per heavy atom. The zero-order valence-electron chi connectivity index (χ0n) is 12.5. The second-order valence-corrected chi connectivity index (χ2v) is 4.97. The van der Waals surface area contributed by atoms with Gasteiger partial charge in [-0.2, -0.15) is 0 Å². The van der Waals surface area contributed by atoms with Gasteiger partial charge in [-0.1, -0.05) is 13.0 Å². The molecule has 0 saturated heterocycles. The Morgan fingerprint density at radius 3 is 2.52 bits per heavy atom. The van der Waals surface area contributed by atoms with Crippen molar-refractivity contribution in [3.8, 4) is 0 Å². The molecule has 0 aliphatic heterocycles. The van der Waals surface area contributed by atoms with Crippen molar-refractivity contribution in [1.82, 2.24) is 5.32 Å². The summed E-state index contributed by atoms with van der Waals surface area (Å²) in [7, 11) is 0. The number of benzene rings is 1. The van der Waals surface area contributed by atoms with Crippen molar-refractivity contribution < 1.29 is 27.9 Å². The minimum absolute atomic E-state index is 0.0849. The van der Waals surface area contributed by atoms with Crippen molar-refractivity contribution in [1.29, 1.82) is 0 Å². The van der Waals surface area contributed by atoms with Crippen LogP contribution < -0.4 is 5.32 Å². The predicted molar refractivity (Wildman–Crippen MR) is 77.3 cm³/mol. The van der Waals surface area contributed by atoms with Crippen LogP contribution in [0, 0.1) is 11.6 Å². The first kappa shape index (κ1) is 16.7. The van der Waals surface area contributed by atoms with Crippen molar-refractivity contribution >= 4 is 11.9 Å². The number of furan rings is 1. The molecule has 1 atom stereocenters. The third-order valence-corrected chi connectivity index (χ3v) is 3.36. The zero-order valence-corrected chi connectivity index (χ0v) is 12.5. The molecule has 0 aliphatic carbocycles. The molecule has 23 heavy (non-hydrogen) atoms. The molecular formula is C16H15F2NO4. The second kappa shape index (κ2) is 6.60. The van der Waals surface area contributed by atoms with Crippen molar-refractivity contribution in [3.05, 3.63) is 58.5 Å². The van der Waals surface area contributed by atoms with E-state index < -0.39 is 29.6 Å². The normalized spacial score (nSPS) is 12.0. The molecule has 1 aromatic heterocycles. The molecule has 1 unspecified atom stereocenters. The maximum absolute atomic E-state index is 13.7. The van der Waals surface area contributed by atoms with Crippen LogP contribution in [0.15, 0.2) is 28.7 Å². The largest absolute Gasteiger partial charge is 0.478 e. The fourth-order valence-corrected chi connectivity index (χ4v) is 2.18. The molecule has 0 fully saturated rings. The van der Waals surface area contributed by atoms with E-state index in [0.29, 0.717) is 6.42 Å². The van der Waals surface area contributed by atoms with Gasteiger partial charge < -0.3 is 14.8 Å². The zero-order chi connectivity index (χ0) is 17.1. The molecule has 1 heterocycles. The average Bonchev–Trinajstić information content (AvgIpc) is 2.91. The molecule has 1 amide bonds. The van der Waals surface area contributed by atoms with Crippen molar-refractivity contribution in [3.63, 3.8) is 0 Å². The number of rotatable bonds is 5. The monoisotopic (exact) mass is 323 g/mol. The number of nitrogens with one attached hydrogen (secondary N) is 1. The van der Waals surface area contributed by atoms with E-state index in [4.69, 9.17) is 9.52 Å². The predicted octanol–water partition coefficient (Wildman–Crippen LogP) is 3.31. The lowest BCUT2D eigenvalue weighted by Gasteiger charge is -2.14. The molecule has 5 nitrogen and oxygen atoms in total. The van der Waals surface area contributed by atoms with Crippen LogP contribution >= 0.6 is 0 Å². The van der Waals surface area contributed by atoms with Gasteiger partial charge in [-0.05, 0) is 13.0 Å². The van der Waals surface area contributed by atoms with Crippen molar-refractivity contribution in [2.45, 2.75) is 26.3 Å². The van der Waals surface area contributed by atoms with Crippen molar-refractivity contribution in [2.24, 2.45) is 0 Å². The lowest BCUT2D eigenvalue weighted by molar-refractivity contribution is 0.0694. The van der Waals surface area contributed by atoms with Crippen LogP contribution in [0.2, 0.25) is 0 Å². The fraction of sp³-hybridized carbons (Fsp3) is 0.250. The van der Waals surface area contributed by atoms with E-state index in [2.05, 4.69) is 5.32 Å². The standard InChI is InChI=1S/C16H15F2NO4/c1-3-13-11(16(21)22)7-14(23-13)15(20)19-8(2)10-5-4-9(17)6-12(10)18/h4-8H,3H2,1-2H3,(H,19,20)(H,21,22). The van der Waals surface area contributed by atoms with Gasteiger partial charge in [-0.3, -0.25) is 4.79 Å². The van der Waals surface area contributed by atoms with Gasteiger partial charge in [0.2, 0.25) is 0 Å². The maximum Gasteiger partial charge on any atom is 0.339 e. The molecule has 7 heteroatoms. The van der Waals surface area contributed by atoms with Gasteiger partial charge in [0.1, 0.15) is 23.0 Å². The second-order valence-electron chi connectivity index (χ2n) is 4.97. The van der Waals surface area contributed by atoms with Gasteiger partial charge in [0.15, 0.2) is 5.76 Å². The van der Waals surface area contributed by atoms with E-state index in [1.165, 1.54) is 13.0 Å². The highest BCUT2D eigenvalue weighted by Gasteiger charge is 2.22. The van der Waals surface area contributed by atoms with E-state index in [1.54, 1.807) is 6.92 Å². The van der Waals surface area contributed by atoms with E-state index >= 15 is 0 Å². The highest BCUT2D eigenvalue weighted by atomic mass is 19.1. The summed E-state index contributed by atoms with van der Waals surface area (Å²) in [6.45, 7) is 3.22. The van der Waals surface area contributed by atoms with Gasteiger partial charge in [-0.25, -0.2) is 13.6 Å². The highest BCUT2D eigenvalue weighted by Crippen LogP contribution is 2.20. The number of carboxylic acid groups (broad SMARTS) is 1. The first-order valence-corrected chi connectivity index (χ1v) is 6.95. The Kier molecular flexibility index (Phi) is 4.78. The van der Waals surface area contributed by atoms with Crippen LogP contribution in [0.25, 0.3) is 0 Å². The summed E-state index contributed by atoms with van der Waals surface area (Å²) in [5, 5.41) is 11.5. The number of aryl methyl sites for hydroxylation is 1. The Balaban J connectivity index is 2.20. The van der Waals surface area contributed by atoms with Crippen LogP contribution in [0.5, 0.6) is 0 Å². The number of carbonyl (C=O) groups is 2.